The smallest absolute Gasteiger partial charge is 0.355 e. The number of H-pyrrole nitrogens is 1. The van der Waals surface area contributed by atoms with Gasteiger partial charge in [0.2, 0.25) is 5.95 Å². The SMILES string of the molecule is Cc1ccc([C@H](C)Nc2nc(=O)n(C3CCOCC3)c(=O)[nH]2)c(C)c1. The third-order valence-electron chi connectivity index (χ3n) is 4.66. The van der Waals surface area contributed by atoms with Crippen LogP contribution in [0.25, 0.3) is 0 Å². The Labute approximate surface area is 146 Å². The van der Waals surface area contributed by atoms with Gasteiger partial charge in [0.1, 0.15) is 0 Å². The van der Waals surface area contributed by atoms with Gasteiger partial charge < -0.3 is 10.1 Å². The molecule has 2 aromatic rings. The van der Waals surface area contributed by atoms with Gasteiger partial charge in [0.15, 0.2) is 0 Å². The maximum absolute atomic E-state index is 12.4. The van der Waals surface area contributed by atoms with E-state index in [1.807, 2.05) is 32.9 Å². The second-order valence-electron chi connectivity index (χ2n) is 6.61. The molecule has 1 aliphatic heterocycles. The van der Waals surface area contributed by atoms with Crippen LogP contribution in [0.2, 0.25) is 0 Å². The highest BCUT2D eigenvalue weighted by atomic mass is 16.5. The fraction of sp³-hybridized carbons (Fsp3) is 0.500. The Bertz CT molecular complexity index is 834. The first-order valence-corrected chi connectivity index (χ1v) is 8.60. The molecule has 0 unspecified atom stereocenters. The Morgan fingerprint density at radius 2 is 2.00 bits per heavy atom. The van der Waals surface area contributed by atoms with Gasteiger partial charge in [-0.2, -0.15) is 4.98 Å². The summed E-state index contributed by atoms with van der Waals surface area (Å²) < 4.78 is 6.49. The van der Waals surface area contributed by atoms with Gasteiger partial charge in [0.25, 0.3) is 0 Å². The molecule has 7 nitrogen and oxygen atoms in total. The number of rotatable bonds is 4. The molecule has 1 fully saturated rings. The Kier molecular flexibility index (Phi) is 5.03. The third kappa shape index (κ3) is 3.82. The van der Waals surface area contributed by atoms with Crippen LogP contribution >= 0.6 is 0 Å². The normalized spacial score (nSPS) is 16.6. The van der Waals surface area contributed by atoms with Crippen molar-refractivity contribution in [1.29, 1.82) is 0 Å². The molecule has 3 rings (SSSR count). The van der Waals surface area contributed by atoms with Crippen molar-refractivity contribution in [1.82, 2.24) is 14.5 Å². The van der Waals surface area contributed by atoms with E-state index in [1.54, 1.807) is 0 Å². The largest absolute Gasteiger partial charge is 0.381 e. The summed E-state index contributed by atoms with van der Waals surface area (Å²) in [7, 11) is 0. The van der Waals surface area contributed by atoms with Crippen LogP contribution in [0.3, 0.4) is 0 Å². The fourth-order valence-corrected chi connectivity index (χ4v) is 3.35. The van der Waals surface area contributed by atoms with Gasteiger partial charge in [-0.15, -0.1) is 0 Å². The van der Waals surface area contributed by atoms with Gasteiger partial charge in [-0.3, -0.25) is 4.98 Å². The van der Waals surface area contributed by atoms with E-state index in [2.05, 4.69) is 21.4 Å². The number of nitrogens with zero attached hydrogens (tertiary/aromatic N) is 2. The second kappa shape index (κ2) is 7.23. The van der Waals surface area contributed by atoms with Crippen LogP contribution in [0, 0.1) is 13.8 Å². The number of hydrogen-bond acceptors (Lipinski definition) is 5. The molecule has 0 bridgehead atoms. The van der Waals surface area contributed by atoms with E-state index >= 15 is 0 Å². The van der Waals surface area contributed by atoms with E-state index in [-0.39, 0.29) is 18.0 Å². The molecule has 1 atom stereocenters. The first kappa shape index (κ1) is 17.4. The molecular formula is C18H24N4O3. The van der Waals surface area contributed by atoms with Crippen LogP contribution in [0.15, 0.2) is 27.8 Å². The van der Waals surface area contributed by atoms with Crippen LogP contribution in [0.5, 0.6) is 0 Å². The van der Waals surface area contributed by atoms with Crippen LogP contribution < -0.4 is 16.7 Å². The van der Waals surface area contributed by atoms with E-state index in [9.17, 15) is 9.59 Å². The summed E-state index contributed by atoms with van der Waals surface area (Å²) in [5.74, 6) is 0.200. The van der Waals surface area contributed by atoms with Gasteiger partial charge >= 0.3 is 11.4 Å². The maximum Gasteiger partial charge on any atom is 0.355 e. The number of hydrogen-bond donors (Lipinski definition) is 2. The summed E-state index contributed by atoms with van der Waals surface area (Å²) in [6.07, 6.45) is 1.30. The highest BCUT2D eigenvalue weighted by Crippen LogP contribution is 2.21. The van der Waals surface area contributed by atoms with Gasteiger partial charge in [0.05, 0.1) is 6.04 Å². The molecule has 2 heterocycles. The number of ether oxygens (including phenoxy) is 1. The van der Waals surface area contributed by atoms with Gasteiger partial charge in [-0.25, -0.2) is 14.2 Å². The lowest BCUT2D eigenvalue weighted by atomic mass is 10.0. The standard InChI is InChI=1S/C18H24N4O3/c1-11-4-5-15(12(2)10-11)13(3)19-16-20-17(23)22(18(24)21-16)14-6-8-25-9-7-14/h4-5,10,13-14H,6-9H2,1-3H3,(H2,19,20,21,23,24)/t13-/m0/s1. The van der Waals surface area contributed by atoms with Crippen molar-refractivity contribution >= 4 is 5.95 Å². The molecule has 1 saturated heterocycles. The van der Waals surface area contributed by atoms with Crippen molar-refractivity contribution in [3.8, 4) is 0 Å². The zero-order valence-electron chi connectivity index (χ0n) is 14.8. The van der Waals surface area contributed by atoms with E-state index < -0.39 is 11.4 Å². The summed E-state index contributed by atoms with van der Waals surface area (Å²) in [5, 5.41) is 3.13. The Hall–Kier alpha value is -2.41. The van der Waals surface area contributed by atoms with Crippen LogP contribution in [0.4, 0.5) is 5.95 Å². The number of nitrogens with one attached hydrogen (secondary N) is 2. The highest BCUT2D eigenvalue weighted by Gasteiger charge is 2.20. The second-order valence-corrected chi connectivity index (χ2v) is 6.61. The summed E-state index contributed by atoms with van der Waals surface area (Å²) >= 11 is 0. The summed E-state index contributed by atoms with van der Waals surface area (Å²) in [6.45, 7) is 7.17. The topological polar surface area (TPSA) is 89.0 Å². The average Bonchev–Trinajstić information content (AvgIpc) is 2.55. The Morgan fingerprint density at radius 3 is 2.64 bits per heavy atom. The zero-order valence-corrected chi connectivity index (χ0v) is 14.8. The number of aryl methyl sites for hydroxylation is 2. The minimum absolute atomic E-state index is 0.0814. The Balaban J connectivity index is 1.83. The molecule has 2 N–H and O–H groups in total. The van der Waals surface area contributed by atoms with Gasteiger partial charge in [0, 0.05) is 19.3 Å². The van der Waals surface area contributed by atoms with Crippen LogP contribution in [-0.4, -0.2) is 27.7 Å². The monoisotopic (exact) mass is 344 g/mol. The van der Waals surface area contributed by atoms with E-state index in [1.165, 1.54) is 10.1 Å². The average molecular weight is 344 g/mol. The molecule has 134 valence electrons. The summed E-state index contributed by atoms with van der Waals surface area (Å²) in [5.41, 5.74) is 2.49. The van der Waals surface area contributed by atoms with E-state index in [4.69, 9.17) is 4.74 Å². The molecule has 0 spiro atoms. The van der Waals surface area contributed by atoms with Crippen LogP contribution in [0.1, 0.15) is 48.5 Å². The predicted octanol–water partition coefficient (Wildman–Crippen LogP) is 2.07. The third-order valence-corrected chi connectivity index (χ3v) is 4.66. The molecule has 25 heavy (non-hydrogen) atoms. The van der Waals surface area contributed by atoms with E-state index in [0.29, 0.717) is 26.1 Å². The number of benzene rings is 1. The minimum atomic E-state index is -0.522. The molecule has 0 amide bonds. The lowest BCUT2D eigenvalue weighted by Crippen LogP contribution is -2.42. The minimum Gasteiger partial charge on any atom is -0.381 e. The van der Waals surface area contributed by atoms with Crippen molar-refractivity contribution in [3.63, 3.8) is 0 Å². The first-order chi connectivity index (χ1) is 12.0. The molecule has 0 aliphatic carbocycles. The van der Waals surface area contributed by atoms with Crippen molar-refractivity contribution in [2.45, 2.75) is 45.7 Å². The number of aromatic nitrogens is 3. The van der Waals surface area contributed by atoms with Gasteiger partial charge in [-0.05, 0) is 44.7 Å². The summed E-state index contributed by atoms with van der Waals surface area (Å²) in [4.78, 5) is 31.4. The predicted molar refractivity (Wildman–Crippen MR) is 96.2 cm³/mol. The molecule has 1 aromatic heterocycles. The van der Waals surface area contributed by atoms with Crippen molar-refractivity contribution in [2.75, 3.05) is 18.5 Å². The maximum atomic E-state index is 12.4. The molecule has 7 heteroatoms. The number of anilines is 1. The molecular weight excluding hydrogens is 320 g/mol. The van der Waals surface area contributed by atoms with Crippen molar-refractivity contribution in [2.24, 2.45) is 0 Å². The summed E-state index contributed by atoms with van der Waals surface area (Å²) in [6, 6.07) is 5.96. The van der Waals surface area contributed by atoms with Gasteiger partial charge in [-0.1, -0.05) is 23.8 Å². The molecule has 1 aliphatic rings. The molecule has 1 aromatic carbocycles. The van der Waals surface area contributed by atoms with E-state index in [0.717, 1.165) is 11.1 Å². The Morgan fingerprint density at radius 1 is 1.28 bits per heavy atom. The lowest BCUT2D eigenvalue weighted by Gasteiger charge is -2.23. The first-order valence-electron chi connectivity index (χ1n) is 8.60. The molecule has 0 saturated carbocycles. The zero-order chi connectivity index (χ0) is 18.0. The number of aromatic amines is 1. The lowest BCUT2D eigenvalue weighted by molar-refractivity contribution is 0.0670. The van der Waals surface area contributed by atoms with Crippen molar-refractivity contribution < 1.29 is 4.74 Å². The highest BCUT2D eigenvalue weighted by molar-refractivity contribution is 5.37. The molecule has 0 radical (unpaired) electrons. The van der Waals surface area contributed by atoms with Crippen molar-refractivity contribution in [3.05, 3.63) is 55.9 Å². The fourth-order valence-electron chi connectivity index (χ4n) is 3.35. The van der Waals surface area contributed by atoms with Crippen LogP contribution in [-0.2, 0) is 4.74 Å². The quantitative estimate of drug-likeness (QED) is 0.886.